The molecule has 0 saturated carbocycles. The molecule has 0 atom stereocenters. The zero-order valence-corrected chi connectivity index (χ0v) is 16.7. The Balaban J connectivity index is 1.49. The highest BCUT2D eigenvalue weighted by Crippen LogP contribution is 2.52. The molecule has 1 aromatic heterocycles. The molecule has 162 valence electrons. The van der Waals surface area contributed by atoms with Gasteiger partial charge in [-0.3, -0.25) is 10.1 Å². The largest absolute Gasteiger partial charge is 0.442 e. The number of alkyl halides is 3. The highest BCUT2D eigenvalue weighted by Gasteiger charge is 2.65. The number of rotatable bonds is 6. The van der Waals surface area contributed by atoms with Crippen molar-refractivity contribution in [1.82, 2.24) is 14.8 Å². The molecule has 0 aliphatic carbocycles. The van der Waals surface area contributed by atoms with E-state index in [1.807, 2.05) is 4.90 Å². The number of halogens is 4. The second-order valence-corrected chi connectivity index (χ2v) is 7.52. The summed E-state index contributed by atoms with van der Waals surface area (Å²) >= 11 is 5.92. The molecule has 0 amide bonds. The maximum Gasteiger partial charge on any atom is 0.442 e. The van der Waals surface area contributed by atoms with Gasteiger partial charge in [0.15, 0.2) is 5.82 Å². The Labute approximate surface area is 179 Å². The van der Waals surface area contributed by atoms with Crippen molar-refractivity contribution in [2.75, 3.05) is 13.1 Å². The quantitative estimate of drug-likeness (QED) is 0.370. The van der Waals surface area contributed by atoms with Crippen LogP contribution in [0.2, 0.25) is 5.15 Å². The summed E-state index contributed by atoms with van der Waals surface area (Å²) in [5.41, 5.74) is -1.14. The fraction of sp³-hybridized carbons (Fsp3) is 0.316. The molecule has 2 aromatic rings. The third-order valence-corrected chi connectivity index (χ3v) is 5.27. The van der Waals surface area contributed by atoms with Gasteiger partial charge >= 0.3 is 11.8 Å². The summed E-state index contributed by atoms with van der Waals surface area (Å²) in [5, 5.41) is 17.9. The second kappa shape index (κ2) is 7.80. The van der Waals surface area contributed by atoms with E-state index in [4.69, 9.17) is 11.6 Å². The van der Waals surface area contributed by atoms with Gasteiger partial charge in [-0.25, -0.2) is 4.98 Å². The fourth-order valence-corrected chi connectivity index (χ4v) is 3.67. The van der Waals surface area contributed by atoms with E-state index in [9.17, 15) is 23.3 Å². The molecule has 1 saturated heterocycles. The second-order valence-electron chi connectivity index (χ2n) is 7.13. The highest BCUT2D eigenvalue weighted by atomic mass is 35.5. The van der Waals surface area contributed by atoms with E-state index in [-0.39, 0.29) is 5.56 Å². The first kappa shape index (κ1) is 21.0. The first-order valence-electron chi connectivity index (χ1n) is 9.25. The lowest BCUT2D eigenvalue weighted by Gasteiger charge is -2.23. The average molecular weight is 453 g/mol. The Kier molecular flexibility index (Phi) is 5.29. The summed E-state index contributed by atoms with van der Waals surface area (Å²) in [6.07, 6.45) is -3.66. The van der Waals surface area contributed by atoms with Crippen molar-refractivity contribution in [3.8, 4) is 0 Å². The Bertz CT molecular complexity index is 1050. The molecule has 0 spiro atoms. The number of nitro groups is 1. The van der Waals surface area contributed by atoms with Gasteiger partial charge in [0.25, 0.3) is 6.20 Å². The zero-order chi connectivity index (χ0) is 22.2. The van der Waals surface area contributed by atoms with Crippen molar-refractivity contribution >= 4 is 11.6 Å². The van der Waals surface area contributed by atoms with E-state index in [2.05, 4.69) is 15.2 Å². The van der Waals surface area contributed by atoms with Crippen molar-refractivity contribution in [3.63, 3.8) is 0 Å². The van der Waals surface area contributed by atoms with Crippen LogP contribution >= 0.6 is 11.6 Å². The molecular weight excluding hydrogens is 437 g/mol. The van der Waals surface area contributed by atoms with Gasteiger partial charge in [0, 0.05) is 25.2 Å². The van der Waals surface area contributed by atoms with Crippen LogP contribution < -0.4 is 0 Å². The average Bonchev–Trinajstić information content (AvgIpc) is 3.45. The molecule has 2 aliphatic rings. The van der Waals surface area contributed by atoms with Crippen LogP contribution in [-0.2, 0) is 18.8 Å². The topological polar surface area (TPSA) is 87.2 Å². The van der Waals surface area contributed by atoms with Crippen molar-refractivity contribution in [2.24, 2.45) is 10.2 Å². The van der Waals surface area contributed by atoms with E-state index in [0.29, 0.717) is 48.4 Å². The Morgan fingerprint density at radius 1 is 1.10 bits per heavy atom. The molecule has 4 rings (SSSR count). The molecule has 1 fully saturated rings. The van der Waals surface area contributed by atoms with Crippen LogP contribution in [0.1, 0.15) is 16.8 Å². The summed E-state index contributed by atoms with van der Waals surface area (Å²) in [6, 6.07) is 11.0. The van der Waals surface area contributed by atoms with E-state index in [0.717, 1.165) is 6.20 Å². The van der Waals surface area contributed by atoms with E-state index in [1.165, 1.54) is 12.1 Å². The highest BCUT2D eigenvalue weighted by molar-refractivity contribution is 6.29. The Morgan fingerprint density at radius 2 is 1.74 bits per heavy atom. The Morgan fingerprint density at radius 3 is 2.29 bits per heavy atom. The molecule has 0 unspecified atom stereocenters. The lowest BCUT2D eigenvalue weighted by Crippen LogP contribution is -2.30. The van der Waals surface area contributed by atoms with Crippen molar-refractivity contribution in [1.29, 1.82) is 0 Å². The van der Waals surface area contributed by atoms with E-state index >= 15 is 0 Å². The van der Waals surface area contributed by atoms with Gasteiger partial charge in [0.05, 0.1) is 17.2 Å². The maximum atomic E-state index is 13.1. The van der Waals surface area contributed by atoms with E-state index in [1.54, 1.807) is 35.2 Å². The molecule has 31 heavy (non-hydrogen) atoms. The predicted molar refractivity (Wildman–Crippen MR) is 104 cm³/mol. The smallest absolute Gasteiger partial charge is 0.347 e. The molecule has 3 heterocycles. The molecular formula is C19H16ClF3N6O2. The molecule has 2 aliphatic heterocycles. The number of hydrogen-bond acceptors (Lipinski definition) is 7. The SMILES string of the molecule is O=[N+]([O-])/C=C1\N(Cc2ccc(C3(C(F)(F)F)N=N3)cc2)CCN1Cc1cccc(Cl)n1. The first-order valence-corrected chi connectivity index (χ1v) is 9.62. The molecule has 0 bridgehead atoms. The molecule has 12 heteroatoms. The summed E-state index contributed by atoms with van der Waals surface area (Å²) in [5.74, 6) is 0.398. The third-order valence-electron chi connectivity index (χ3n) is 5.06. The van der Waals surface area contributed by atoms with Gasteiger partial charge in [-0.15, -0.1) is 10.2 Å². The lowest BCUT2D eigenvalue weighted by molar-refractivity contribution is -0.405. The van der Waals surface area contributed by atoms with Crippen LogP contribution in [-0.4, -0.2) is 39.0 Å². The van der Waals surface area contributed by atoms with Crippen LogP contribution in [0.4, 0.5) is 13.2 Å². The summed E-state index contributed by atoms with van der Waals surface area (Å²) in [4.78, 5) is 18.5. The van der Waals surface area contributed by atoms with Gasteiger partial charge in [-0.1, -0.05) is 41.9 Å². The van der Waals surface area contributed by atoms with Crippen LogP contribution in [0, 0.1) is 10.1 Å². The van der Waals surface area contributed by atoms with Crippen LogP contribution in [0.25, 0.3) is 0 Å². The standard InChI is InChI=1S/C19H16ClF3N6O2/c20-16-3-1-2-15(24-16)11-28-9-8-27(17(28)12-29(30)31)10-13-4-6-14(7-5-13)18(25-26-18)19(21,22)23/h1-7,12H,8-11H2/b17-12+. The maximum absolute atomic E-state index is 13.1. The first-order chi connectivity index (χ1) is 14.7. The number of nitrogens with zero attached hydrogens (tertiary/aromatic N) is 6. The van der Waals surface area contributed by atoms with Gasteiger partial charge < -0.3 is 9.80 Å². The minimum absolute atomic E-state index is 0.0557. The lowest BCUT2D eigenvalue weighted by atomic mass is 10.0. The molecule has 0 radical (unpaired) electrons. The molecule has 8 nitrogen and oxygen atoms in total. The molecule has 1 aromatic carbocycles. The normalized spacial score (nSPS) is 18.6. The number of pyridine rings is 1. The molecule has 0 N–H and O–H groups in total. The Hall–Kier alpha value is -3.21. The number of hydrogen-bond donors (Lipinski definition) is 0. The minimum atomic E-state index is -4.58. The zero-order valence-electron chi connectivity index (χ0n) is 16.0. The minimum Gasteiger partial charge on any atom is -0.347 e. The summed E-state index contributed by atoms with van der Waals surface area (Å²) in [7, 11) is 0. The van der Waals surface area contributed by atoms with Crippen LogP contribution in [0.15, 0.2) is 64.7 Å². The summed E-state index contributed by atoms with van der Waals surface area (Å²) in [6.45, 7) is 1.68. The van der Waals surface area contributed by atoms with Crippen molar-refractivity contribution in [3.05, 3.63) is 86.6 Å². The monoisotopic (exact) mass is 452 g/mol. The van der Waals surface area contributed by atoms with E-state index < -0.39 is 16.8 Å². The van der Waals surface area contributed by atoms with Gasteiger partial charge in [0.2, 0.25) is 0 Å². The predicted octanol–water partition coefficient (Wildman–Crippen LogP) is 4.31. The van der Waals surface area contributed by atoms with Crippen molar-refractivity contribution < 1.29 is 18.1 Å². The van der Waals surface area contributed by atoms with Gasteiger partial charge in [0.1, 0.15) is 5.15 Å². The van der Waals surface area contributed by atoms with Gasteiger partial charge in [-0.2, -0.15) is 13.2 Å². The summed E-state index contributed by atoms with van der Waals surface area (Å²) < 4.78 is 39.4. The number of aromatic nitrogens is 1. The van der Waals surface area contributed by atoms with Crippen LogP contribution in [0.3, 0.4) is 0 Å². The third kappa shape index (κ3) is 4.31. The fourth-order valence-electron chi connectivity index (χ4n) is 3.49. The number of benzene rings is 1. The van der Waals surface area contributed by atoms with Crippen LogP contribution in [0.5, 0.6) is 0 Å². The van der Waals surface area contributed by atoms with Crippen molar-refractivity contribution in [2.45, 2.75) is 24.9 Å². The van der Waals surface area contributed by atoms with Gasteiger partial charge in [-0.05, 0) is 17.7 Å².